The summed E-state index contributed by atoms with van der Waals surface area (Å²) in [6.07, 6.45) is 7.98. The van der Waals surface area contributed by atoms with E-state index >= 15 is 0 Å². The summed E-state index contributed by atoms with van der Waals surface area (Å²) in [5.74, 6) is -0.219. The number of aryl methyl sites for hydroxylation is 1. The number of rotatable bonds is 3. The van der Waals surface area contributed by atoms with E-state index in [1.807, 2.05) is 69.3 Å². The van der Waals surface area contributed by atoms with Crippen LogP contribution in [0.5, 0.6) is 0 Å². The summed E-state index contributed by atoms with van der Waals surface area (Å²) < 4.78 is 4.93. The van der Waals surface area contributed by atoms with Gasteiger partial charge in [-0.1, -0.05) is 36.8 Å². The summed E-state index contributed by atoms with van der Waals surface area (Å²) in [6.45, 7) is 7.88. The molecular weight excluding hydrogens is 274 g/mol. The number of allylic oxidation sites excluding steroid dienone is 4. The third kappa shape index (κ3) is 3.03. The van der Waals surface area contributed by atoms with Gasteiger partial charge in [-0.05, 0) is 45.1 Å². The lowest BCUT2D eigenvalue weighted by atomic mass is 9.65. The van der Waals surface area contributed by atoms with Gasteiger partial charge >= 0.3 is 5.97 Å². The van der Waals surface area contributed by atoms with E-state index in [1.54, 1.807) is 0 Å². The molecule has 22 heavy (non-hydrogen) atoms. The average molecular weight is 297 g/mol. The molecule has 0 spiro atoms. The quantitative estimate of drug-likeness (QED) is 0.776. The van der Waals surface area contributed by atoms with Crippen LogP contribution in [0.2, 0.25) is 0 Å². The van der Waals surface area contributed by atoms with Crippen LogP contribution in [-0.2, 0) is 9.53 Å². The van der Waals surface area contributed by atoms with E-state index in [4.69, 9.17) is 4.74 Å². The van der Waals surface area contributed by atoms with Crippen molar-refractivity contribution in [2.24, 2.45) is 15.8 Å². The zero-order chi connectivity index (χ0) is 16.4. The highest BCUT2D eigenvalue weighted by molar-refractivity contribution is 6.06. The van der Waals surface area contributed by atoms with Gasteiger partial charge < -0.3 is 4.74 Å². The molecule has 0 atom stereocenters. The molecule has 3 nitrogen and oxygen atoms in total. The van der Waals surface area contributed by atoms with Crippen molar-refractivity contribution < 1.29 is 9.53 Å². The molecular formula is C19H23NO2. The lowest BCUT2D eigenvalue weighted by Gasteiger charge is -2.38. The number of carbonyl (C=O) groups is 1. The minimum atomic E-state index is -0.635. The van der Waals surface area contributed by atoms with Gasteiger partial charge in [0, 0.05) is 5.41 Å². The van der Waals surface area contributed by atoms with Gasteiger partial charge in [-0.2, -0.15) is 0 Å². The van der Waals surface area contributed by atoms with E-state index in [0.717, 1.165) is 11.4 Å². The van der Waals surface area contributed by atoms with Gasteiger partial charge in [0.15, 0.2) is 0 Å². The zero-order valence-electron chi connectivity index (χ0n) is 13.9. The van der Waals surface area contributed by atoms with Crippen molar-refractivity contribution in [3.63, 3.8) is 0 Å². The Balaban J connectivity index is 2.24. The number of methoxy groups -OCH3 is 1. The van der Waals surface area contributed by atoms with E-state index in [1.165, 1.54) is 12.7 Å². The highest BCUT2D eigenvalue weighted by Crippen LogP contribution is 2.43. The molecule has 0 radical (unpaired) electrons. The predicted octanol–water partition coefficient (Wildman–Crippen LogP) is 4.40. The third-order valence-corrected chi connectivity index (χ3v) is 4.54. The summed E-state index contributed by atoms with van der Waals surface area (Å²) in [7, 11) is 1.42. The lowest BCUT2D eigenvalue weighted by Crippen LogP contribution is -2.40. The predicted molar refractivity (Wildman–Crippen MR) is 90.5 cm³/mol. The Kier molecular flexibility index (Phi) is 4.36. The molecule has 0 aromatic heterocycles. The molecule has 2 rings (SSSR count). The Morgan fingerprint density at radius 2 is 1.68 bits per heavy atom. The number of hydrogen-bond donors (Lipinski definition) is 0. The van der Waals surface area contributed by atoms with Gasteiger partial charge in [0.2, 0.25) is 0 Å². The first-order valence-electron chi connectivity index (χ1n) is 7.41. The summed E-state index contributed by atoms with van der Waals surface area (Å²) in [4.78, 5) is 16.6. The van der Waals surface area contributed by atoms with Crippen LogP contribution >= 0.6 is 0 Å². The monoisotopic (exact) mass is 297 g/mol. The molecule has 3 heteroatoms. The van der Waals surface area contributed by atoms with Crippen LogP contribution in [0.3, 0.4) is 0 Å². The van der Waals surface area contributed by atoms with E-state index in [9.17, 15) is 4.79 Å². The van der Waals surface area contributed by atoms with E-state index in [0.29, 0.717) is 0 Å². The van der Waals surface area contributed by atoms with Crippen molar-refractivity contribution in [2.45, 2.75) is 27.7 Å². The van der Waals surface area contributed by atoms with E-state index in [2.05, 4.69) is 11.9 Å². The Bertz CT molecular complexity index is 633. The van der Waals surface area contributed by atoms with Crippen LogP contribution in [-0.4, -0.2) is 18.8 Å². The Morgan fingerprint density at radius 1 is 1.14 bits per heavy atom. The number of nitrogens with zero attached hydrogens (tertiary/aromatic N) is 1. The molecule has 0 aliphatic heterocycles. The van der Waals surface area contributed by atoms with E-state index < -0.39 is 10.8 Å². The molecule has 1 aromatic rings. The van der Waals surface area contributed by atoms with Crippen molar-refractivity contribution in [1.82, 2.24) is 0 Å². The van der Waals surface area contributed by atoms with Crippen LogP contribution in [0.1, 0.15) is 26.3 Å². The van der Waals surface area contributed by atoms with Crippen LogP contribution < -0.4 is 0 Å². The second kappa shape index (κ2) is 5.91. The van der Waals surface area contributed by atoms with Crippen molar-refractivity contribution in [3.05, 3.63) is 54.1 Å². The van der Waals surface area contributed by atoms with Crippen LogP contribution in [0.4, 0.5) is 5.69 Å². The highest BCUT2D eigenvalue weighted by Gasteiger charge is 2.44. The number of ether oxygens (including phenoxy) is 1. The SMILES string of the molecule is COC(=O)C(C)(C)C1(C)C=CC(=Nc2ccc(C)cc2)C=C1. The summed E-state index contributed by atoms with van der Waals surface area (Å²) in [5.41, 5.74) is 1.98. The van der Waals surface area contributed by atoms with Gasteiger partial charge in [0.1, 0.15) is 0 Å². The molecule has 0 saturated carbocycles. The highest BCUT2D eigenvalue weighted by atomic mass is 16.5. The first-order chi connectivity index (χ1) is 10.3. The molecule has 1 aromatic carbocycles. The van der Waals surface area contributed by atoms with Crippen LogP contribution in [0.25, 0.3) is 0 Å². The molecule has 0 fully saturated rings. The molecule has 0 unspecified atom stereocenters. The molecule has 0 saturated heterocycles. The van der Waals surface area contributed by atoms with Crippen molar-refractivity contribution in [1.29, 1.82) is 0 Å². The van der Waals surface area contributed by atoms with Gasteiger partial charge in [-0.15, -0.1) is 0 Å². The third-order valence-electron chi connectivity index (χ3n) is 4.54. The smallest absolute Gasteiger partial charge is 0.312 e. The molecule has 116 valence electrons. The molecule has 0 bridgehead atoms. The standard InChI is InChI=1S/C19H23NO2/c1-14-6-8-15(9-7-14)20-16-10-12-19(4,13-11-16)18(2,3)17(21)22-5/h6-13H,1-5H3. The molecule has 0 N–H and O–H groups in total. The minimum absolute atomic E-state index is 0.219. The van der Waals surface area contributed by atoms with Gasteiger partial charge in [-0.25, -0.2) is 4.99 Å². The largest absolute Gasteiger partial charge is 0.469 e. The van der Waals surface area contributed by atoms with Gasteiger partial charge in [0.25, 0.3) is 0 Å². The van der Waals surface area contributed by atoms with E-state index in [-0.39, 0.29) is 5.97 Å². The molecule has 1 aliphatic carbocycles. The minimum Gasteiger partial charge on any atom is -0.469 e. The summed E-state index contributed by atoms with van der Waals surface area (Å²) in [6, 6.07) is 8.08. The molecule has 0 heterocycles. The maximum absolute atomic E-state index is 12.0. The number of carbonyl (C=O) groups excluding carboxylic acids is 1. The maximum atomic E-state index is 12.0. The number of benzene rings is 1. The molecule has 1 aliphatic rings. The maximum Gasteiger partial charge on any atom is 0.312 e. The topological polar surface area (TPSA) is 38.7 Å². The van der Waals surface area contributed by atoms with Crippen LogP contribution in [0, 0.1) is 17.8 Å². The Labute approximate surface area is 132 Å². The second-order valence-electron chi connectivity index (χ2n) is 6.44. The second-order valence-corrected chi connectivity index (χ2v) is 6.44. The van der Waals surface area contributed by atoms with Crippen molar-refractivity contribution in [3.8, 4) is 0 Å². The summed E-state index contributed by atoms with van der Waals surface area (Å²) in [5, 5.41) is 0. The average Bonchev–Trinajstić information content (AvgIpc) is 2.51. The fraction of sp³-hybridized carbons (Fsp3) is 0.368. The molecule has 0 amide bonds. The number of hydrogen-bond acceptors (Lipinski definition) is 3. The van der Waals surface area contributed by atoms with Crippen molar-refractivity contribution in [2.75, 3.05) is 7.11 Å². The first kappa shape index (κ1) is 16.2. The fourth-order valence-electron chi connectivity index (χ4n) is 2.36. The van der Waals surface area contributed by atoms with Crippen molar-refractivity contribution >= 4 is 17.4 Å². The Hall–Kier alpha value is -2.16. The number of esters is 1. The first-order valence-corrected chi connectivity index (χ1v) is 7.41. The zero-order valence-corrected chi connectivity index (χ0v) is 13.9. The van der Waals surface area contributed by atoms with Crippen LogP contribution in [0.15, 0.2) is 53.6 Å². The summed E-state index contributed by atoms with van der Waals surface area (Å²) >= 11 is 0. The lowest BCUT2D eigenvalue weighted by molar-refractivity contribution is -0.154. The fourth-order valence-corrected chi connectivity index (χ4v) is 2.36. The normalized spacial score (nSPS) is 20.9. The Morgan fingerprint density at radius 3 is 2.18 bits per heavy atom. The van der Waals surface area contributed by atoms with Gasteiger partial charge in [-0.3, -0.25) is 4.79 Å². The number of aliphatic imine (C=N–C) groups is 1. The van der Waals surface area contributed by atoms with Gasteiger partial charge in [0.05, 0.1) is 23.9 Å².